The third-order valence-electron chi connectivity index (χ3n) is 3.11. The fourth-order valence-electron chi connectivity index (χ4n) is 2.12. The van der Waals surface area contributed by atoms with Gasteiger partial charge >= 0.3 is 5.97 Å². The fourth-order valence-corrected chi connectivity index (χ4v) is 2.68. The minimum Gasteiger partial charge on any atom is -0.478 e. The number of hydrogen-bond acceptors (Lipinski definition) is 4. The molecule has 21 heavy (non-hydrogen) atoms. The Morgan fingerprint density at radius 1 is 1.19 bits per heavy atom. The molecule has 0 saturated carbocycles. The van der Waals surface area contributed by atoms with E-state index in [0.717, 1.165) is 16.3 Å². The van der Waals surface area contributed by atoms with Gasteiger partial charge in [0, 0.05) is 5.38 Å². The number of hydrogen-bond donors (Lipinski definition) is 2. The second-order valence-electron chi connectivity index (χ2n) is 4.54. The van der Waals surface area contributed by atoms with E-state index in [1.165, 1.54) is 11.3 Å². The molecule has 0 amide bonds. The molecule has 0 saturated heterocycles. The number of carboxylic acid groups (broad SMARTS) is 1. The maximum absolute atomic E-state index is 11.4. The molecule has 0 aliphatic carbocycles. The van der Waals surface area contributed by atoms with Crippen LogP contribution in [0.3, 0.4) is 0 Å². The zero-order valence-electron chi connectivity index (χ0n) is 11.0. The van der Waals surface area contributed by atoms with Gasteiger partial charge in [-0.25, -0.2) is 9.78 Å². The van der Waals surface area contributed by atoms with Gasteiger partial charge in [0.15, 0.2) is 5.13 Å². The highest BCUT2D eigenvalue weighted by Gasteiger charge is 2.13. The first kappa shape index (κ1) is 13.3. The highest BCUT2D eigenvalue weighted by Crippen LogP contribution is 2.24. The highest BCUT2D eigenvalue weighted by molar-refractivity contribution is 7.13. The van der Waals surface area contributed by atoms with E-state index in [1.54, 1.807) is 11.5 Å². The molecule has 3 N–H and O–H groups in total. The zero-order chi connectivity index (χ0) is 14.8. The molecule has 0 aliphatic heterocycles. The minimum absolute atomic E-state index is 0.137. The molecule has 1 aromatic heterocycles. The van der Waals surface area contributed by atoms with Crippen LogP contribution in [0.5, 0.6) is 0 Å². The summed E-state index contributed by atoms with van der Waals surface area (Å²) in [4.78, 5) is 15.5. The largest absolute Gasteiger partial charge is 0.478 e. The lowest BCUT2D eigenvalue weighted by molar-refractivity contribution is -0.130. The summed E-state index contributed by atoms with van der Waals surface area (Å²) < 4.78 is 0. The van der Waals surface area contributed by atoms with Crippen LogP contribution in [0.15, 0.2) is 47.8 Å². The molecule has 0 bridgehead atoms. The first-order valence-corrected chi connectivity index (χ1v) is 7.16. The van der Waals surface area contributed by atoms with Crippen LogP contribution in [0, 0.1) is 0 Å². The van der Waals surface area contributed by atoms with E-state index in [4.69, 9.17) is 5.73 Å². The first-order chi connectivity index (χ1) is 10.1. The van der Waals surface area contributed by atoms with Gasteiger partial charge in [-0.1, -0.05) is 36.4 Å². The normalized spacial score (nSPS) is 11.7. The van der Waals surface area contributed by atoms with Crippen LogP contribution in [-0.2, 0) is 4.79 Å². The van der Waals surface area contributed by atoms with E-state index in [2.05, 4.69) is 4.98 Å². The fraction of sp³-hybridized carbons (Fsp3) is 0. The number of thiazole rings is 1. The molecule has 104 valence electrons. The number of nitrogens with two attached hydrogens (primary N) is 1. The Labute approximate surface area is 125 Å². The topological polar surface area (TPSA) is 76.2 Å². The summed E-state index contributed by atoms with van der Waals surface area (Å²) in [6, 6.07) is 13.7. The monoisotopic (exact) mass is 296 g/mol. The van der Waals surface area contributed by atoms with Crippen molar-refractivity contribution in [1.29, 1.82) is 0 Å². The van der Waals surface area contributed by atoms with Crippen molar-refractivity contribution >= 4 is 44.9 Å². The van der Waals surface area contributed by atoms with Crippen molar-refractivity contribution in [2.45, 2.75) is 0 Å². The molecule has 0 spiro atoms. The van der Waals surface area contributed by atoms with Gasteiger partial charge in [-0.05, 0) is 28.5 Å². The predicted molar refractivity (Wildman–Crippen MR) is 86.0 cm³/mol. The smallest absolute Gasteiger partial charge is 0.337 e. The summed E-state index contributed by atoms with van der Waals surface area (Å²) >= 11 is 1.23. The molecule has 0 aliphatic rings. The Bertz CT molecular complexity index is 852. The van der Waals surface area contributed by atoms with Gasteiger partial charge in [0.05, 0.1) is 11.3 Å². The third kappa shape index (κ3) is 2.78. The van der Waals surface area contributed by atoms with Crippen LogP contribution >= 0.6 is 11.3 Å². The molecule has 3 aromatic rings. The molecule has 0 unspecified atom stereocenters. The molecule has 0 fully saturated rings. The van der Waals surface area contributed by atoms with Crippen LogP contribution in [0.2, 0.25) is 0 Å². The van der Waals surface area contributed by atoms with Gasteiger partial charge in [-0.15, -0.1) is 11.3 Å². The van der Waals surface area contributed by atoms with Gasteiger partial charge in [-0.3, -0.25) is 0 Å². The number of anilines is 1. The van der Waals surface area contributed by atoms with Gasteiger partial charge in [0.25, 0.3) is 0 Å². The molecular formula is C16H12N2O2S. The zero-order valence-corrected chi connectivity index (χ0v) is 11.8. The number of carboxylic acids is 1. The van der Waals surface area contributed by atoms with E-state index < -0.39 is 5.97 Å². The quantitative estimate of drug-likeness (QED) is 0.725. The third-order valence-corrected chi connectivity index (χ3v) is 3.79. The average molecular weight is 296 g/mol. The first-order valence-electron chi connectivity index (χ1n) is 6.28. The van der Waals surface area contributed by atoms with Crippen molar-refractivity contribution in [3.8, 4) is 0 Å². The van der Waals surface area contributed by atoms with Gasteiger partial charge < -0.3 is 10.8 Å². The standard InChI is InChI=1S/C16H12N2O2S/c17-16-18-14(9-21-16)13(15(19)20)8-10-5-6-11-3-1-2-4-12(11)7-10/h1-9H,(H2,17,18)(H,19,20). The Balaban J connectivity index is 2.08. The van der Waals surface area contributed by atoms with Crippen LogP contribution in [0.4, 0.5) is 5.13 Å². The lowest BCUT2D eigenvalue weighted by Crippen LogP contribution is -2.00. The SMILES string of the molecule is Nc1nc(C(=Cc2ccc3ccccc3c2)C(=O)O)cs1. The van der Waals surface area contributed by atoms with Gasteiger partial charge in [0.1, 0.15) is 0 Å². The highest BCUT2D eigenvalue weighted by atomic mass is 32.1. The summed E-state index contributed by atoms with van der Waals surface area (Å²) in [5.74, 6) is -1.02. The Morgan fingerprint density at radius 2 is 1.95 bits per heavy atom. The van der Waals surface area contributed by atoms with Crippen LogP contribution in [0.25, 0.3) is 22.4 Å². The molecule has 3 rings (SSSR count). The lowest BCUT2D eigenvalue weighted by Gasteiger charge is -2.02. The molecule has 2 aromatic carbocycles. The number of nitrogen functional groups attached to an aromatic ring is 1. The maximum atomic E-state index is 11.4. The van der Waals surface area contributed by atoms with Crippen LogP contribution < -0.4 is 5.73 Å². The molecule has 1 heterocycles. The number of rotatable bonds is 3. The van der Waals surface area contributed by atoms with Crippen LogP contribution in [-0.4, -0.2) is 16.1 Å². The summed E-state index contributed by atoms with van der Waals surface area (Å²) in [6.07, 6.45) is 1.61. The van der Waals surface area contributed by atoms with Gasteiger partial charge in [0.2, 0.25) is 0 Å². The van der Waals surface area contributed by atoms with Gasteiger partial charge in [-0.2, -0.15) is 0 Å². The number of aliphatic carboxylic acids is 1. The predicted octanol–water partition coefficient (Wildman–Crippen LogP) is 3.50. The minimum atomic E-state index is -1.02. The van der Waals surface area contributed by atoms with Crippen molar-refractivity contribution in [2.75, 3.05) is 5.73 Å². The van der Waals surface area contributed by atoms with E-state index in [1.807, 2.05) is 42.5 Å². The Morgan fingerprint density at radius 3 is 2.62 bits per heavy atom. The Hall–Kier alpha value is -2.66. The van der Waals surface area contributed by atoms with E-state index in [9.17, 15) is 9.90 Å². The second kappa shape index (κ2) is 5.38. The van der Waals surface area contributed by atoms with Crippen molar-refractivity contribution < 1.29 is 9.90 Å². The summed E-state index contributed by atoms with van der Waals surface area (Å²) in [7, 11) is 0. The molecule has 5 heteroatoms. The molecule has 4 nitrogen and oxygen atoms in total. The lowest BCUT2D eigenvalue weighted by atomic mass is 10.0. The van der Waals surface area contributed by atoms with E-state index >= 15 is 0 Å². The maximum Gasteiger partial charge on any atom is 0.337 e. The van der Waals surface area contributed by atoms with E-state index in [0.29, 0.717) is 10.8 Å². The average Bonchev–Trinajstić information content (AvgIpc) is 2.90. The Kier molecular flexibility index (Phi) is 3.41. The molecule has 0 atom stereocenters. The van der Waals surface area contributed by atoms with E-state index in [-0.39, 0.29) is 5.57 Å². The van der Waals surface area contributed by atoms with Crippen molar-refractivity contribution in [3.63, 3.8) is 0 Å². The molecule has 0 radical (unpaired) electrons. The number of fused-ring (bicyclic) bond motifs is 1. The summed E-state index contributed by atoms with van der Waals surface area (Å²) in [6.45, 7) is 0. The second-order valence-corrected chi connectivity index (χ2v) is 5.43. The molecular weight excluding hydrogens is 284 g/mol. The summed E-state index contributed by atoms with van der Waals surface area (Å²) in [5, 5.41) is 13.6. The van der Waals surface area contributed by atoms with Crippen molar-refractivity contribution in [3.05, 3.63) is 59.1 Å². The van der Waals surface area contributed by atoms with Crippen molar-refractivity contribution in [2.24, 2.45) is 0 Å². The number of aromatic nitrogens is 1. The number of nitrogens with zero attached hydrogens (tertiary/aromatic N) is 1. The summed E-state index contributed by atoms with van der Waals surface area (Å²) in [5.41, 5.74) is 6.91. The van der Waals surface area contributed by atoms with Crippen LogP contribution in [0.1, 0.15) is 11.3 Å². The van der Waals surface area contributed by atoms with Crippen molar-refractivity contribution in [1.82, 2.24) is 4.98 Å². The number of benzene rings is 2. The number of carbonyl (C=O) groups is 1.